The largest absolute Gasteiger partial charge is 0.504 e. The molecule has 8 nitrogen and oxygen atoms in total. The van der Waals surface area contributed by atoms with Crippen molar-refractivity contribution in [3.8, 4) is 11.5 Å². The Hall–Kier alpha value is -3.16. The van der Waals surface area contributed by atoms with Crippen molar-refractivity contribution in [2.45, 2.75) is 0 Å². The van der Waals surface area contributed by atoms with Gasteiger partial charge in [0.15, 0.2) is 23.0 Å². The highest BCUT2D eigenvalue weighted by Gasteiger charge is 1.99. The lowest BCUT2D eigenvalue weighted by Crippen LogP contribution is -1.98. The Morgan fingerprint density at radius 2 is 2.05 bits per heavy atom. The van der Waals surface area contributed by atoms with Gasteiger partial charge in [0.2, 0.25) is 0 Å². The van der Waals surface area contributed by atoms with Crippen LogP contribution in [0.3, 0.4) is 0 Å². The molecule has 0 fully saturated rings. The van der Waals surface area contributed by atoms with Crippen LogP contribution in [0, 0.1) is 0 Å². The molecule has 0 amide bonds. The first kappa shape index (κ1) is 11.9. The van der Waals surface area contributed by atoms with Crippen molar-refractivity contribution in [1.82, 2.24) is 19.8 Å². The topological polar surface area (TPSA) is 108 Å². The van der Waals surface area contributed by atoms with Crippen molar-refractivity contribution in [2.24, 2.45) is 5.10 Å². The van der Waals surface area contributed by atoms with E-state index in [-0.39, 0.29) is 11.5 Å². The Morgan fingerprint density at radius 1 is 1.15 bits per heavy atom. The van der Waals surface area contributed by atoms with Crippen LogP contribution < -0.4 is 5.43 Å². The van der Waals surface area contributed by atoms with Gasteiger partial charge in [-0.1, -0.05) is 0 Å². The summed E-state index contributed by atoms with van der Waals surface area (Å²) in [7, 11) is 0. The van der Waals surface area contributed by atoms with Gasteiger partial charge in [-0.25, -0.2) is 0 Å². The summed E-state index contributed by atoms with van der Waals surface area (Å²) in [4.78, 5) is 0. The predicted octanol–water partition coefficient (Wildman–Crippen LogP) is 0.981. The van der Waals surface area contributed by atoms with E-state index in [0.717, 1.165) is 0 Å². The van der Waals surface area contributed by atoms with Gasteiger partial charge in [0.1, 0.15) is 6.33 Å². The first-order valence-corrected chi connectivity index (χ1v) is 5.70. The normalized spacial score (nSPS) is 11.2. The van der Waals surface area contributed by atoms with Crippen molar-refractivity contribution in [3.05, 3.63) is 42.2 Å². The molecule has 0 aliphatic rings. The zero-order valence-corrected chi connectivity index (χ0v) is 10.2. The second-order valence-electron chi connectivity index (χ2n) is 3.97. The van der Waals surface area contributed by atoms with Gasteiger partial charge in [-0.05, 0) is 35.9 Å². The zero-order valence-electron chi connectivity index (χ0n) is 10.2. The molecule has 0 spiro atoms. The van der Waals surface area contributed by atoms with Crippen LogP contribution >= 0.6 is 0 Å². The van der Waals surface area contributed by atoms with Gasteiger partial charge in [-0.15, -0.1) is 15.3 Å². The van der Waals surface area contributed by atoms with Crippen LogP contribution in [0.5, 0.6) is 11.5 Å². The van der Waals surface area contributed by atoms with Crippen LogP contribution in [0.1, 0.15) is 5.56 Å². The Balaban J connectivity index is 1.74. The average Bonchev–Trinajstić information content (AvgIpc) is 2.90. The molecule has 3 N–H and O–H groups in total. The summed E-state index contributed by atoms with van der Waals surface area (Å²) in [5.74, 6) is 0.157. The molecule has 100 valence electrons. The van der Waals surface area contributed by atoms with E-state index in [0.29, 0.717) is 17.0 Å². The number of rotatable bonds is 3. The number of fused-ring (bicyclic) bond motifs is 1. The minimum Gasteiger partial charge on any atom is -0.504 e. The van der Waals surface area contributed by atoms with Crippen LogP contribution in [0.4, 0.5) is 5.82 Å². The van der Waals surface area contributed by atoms with Gasteiger partial charge in [0.05, 0.1) is 6.21 Å². The molecule has 8 heteroatoms. The fourth-order valence-corrected chi connectivity index (χ4v) is 1.58. The Morgan fingerprint density at radius 3 is 2.90 bits per heavy atom. The molecule has 0 radical (unpaired) electrons. The van der Waals surface area contributed by atoms with Crippen molar-refractivity contribution in [2.75, 3.05) is 5.43 Å². The lowest BCUT2D eigenvalue weighted by Gasteiger charge is -2.00. The first-order chi connectivity index (χ1) is 9.72. The third kappa shape index (κ3) is 2.34. The van der Waals surface area contributed by atoms with E-state index in [1.807, 2.05) is 0 Å². The molecule has 2 aromatic heterocycles. The maximum Gasteiger partial charge on any atom is 0.177 e. The lowest BCUT2D eigenvalue weighted by molar-refractivity contribution is 0.403. The Kier molecular flexibility index (Phi) is 2.88. The van der Waals surface area contributed by atoms with Gasteiger partial charge in [0, 0.05) is 0 Å². The van der Waals surface area contributed by atoms with Gasteiger partial charge in [-0.2, -0.15) is 9.62 Å². The number of phenolic OH excluding ortho intramolecular Hbond substituents is 2. The average molecular weight is 270 g/mol. The second-order valence-corrected chi connectivity index (χ2v) is 3.97. The number of nitrogens with zero attached hydrogens (tertiary/aromatic N) is 5. The molecule has 3 aromatic rings. The van der Waals surface area contributed by atoms with E-state index in [1.165, 1.54) is 29.2 Å². The minimum absolute atomic E-state index is 0.171. The smallest absolute Gasteiger partial charge is 0.177 e. The summed E-state index contributed by atoms with van der Waals surface area (Å²) in [6.07, 6.45) is 2.99. The predicted molar refractivity (Wildman–Crippen MR) is 71.8 cm³/mol. The molecular formula is C12H10N6O2. The lowest BCUT2D eigenvalue weighted by atomic mass is 10.2. The van der Waals surface area contributed by atoms with Crippen molar-refractivity contribution >= 4 is 17.7 Å². The van der Waals surface area contributed by atoms with Crippen molar-refractivity contribution in [3.63, 3.8) is 0 Å². The van der Waals surface area contributed by atoms with Crippen LogP contribution in [0.15, 0.2) is 41.8 Å². The van der Waals surface area contributed by atoms with E-state index >= 15 is 0 Å². The van der Waals surface area contributed by atoms with E-state index in [1.54, 1.807) is 18.2 Å². The highest BCUT2D eigenvalue weighted by Crippen LogP contribution is 2.23. The second kappa shape index (κ2) is 4.84. The Bertz CT molecular complexity index is 782. The van der Waals surface area contributed by atoms with Crippen LogP contribution in [-0.4, -0.2) is 36.2 Å². The molecule has 0 saturated carbocycles. The standard InChI is InChI=1S/C12H10N6O2/c19-9-2-1-8(5-10(9)20)6-13-15-11-3-4-12-16-14-7-18(12)17-11/h1-7,19-20H,(H,15,17)/b13-6+. The number of hydrazone groups is 1. The summed E-state index contributed by atoms with van der Waals surface area (Å²) < 4.78 is 1.52. The molecule has 0 unspecified atom stereocenters. The van der Waals surface area contributed by atoms with Crippen LogP contribution in [0.25, 0.3) is 5.65 Å². The number of aromatic nitrogens is 4. The summed E-state index contributed by atoms with van der Waals surface area (Å²) in [5.41, 5.74) is 4.03. The van der Waals surface area contributed by atoms with E-state index in [4.69, 9.17) is 0 Å². The first-order valence-electron chi connectivity index (χ1n) is 5.70. The highest BCUT2D eigenvalue weighted by molar-refractivity contribution is 5.81. The van der Waals surface area contributed by atoms with Crippen LogP contribution in [-0.2, 0) is 0 Å². The summed E-state index contributed by atoms with van der Waals surface area (Å²) in [6, 6.07) is 7.88. The molecule has 0 aliphatic heterocycles. The third-order valence-corrected chi connectivity index (χ3v) is 2.55. The number of aromatic hydroxyl groups is 2. The molecule has 0 aliphatic carbocycles. The van der Waals surface area contributed by atoms with Gasteiger partial charge in [-0.3, -0.25) is 5.43 Å². The summed E-state index contributed by atoms with van der Waals surface area (Å²) in [6.45, 7) is 0. The Labute approximate surface area is 113 Å². The number of hydrogen-bond donors (Lipinski definition) is 3. The molecule has 20 heavy (non-hydrogen) atoms. The van der Waals surface area contributed by atoms with E-state index in [9.17, 15) is 10.2 Å². The number of nitrogens with one attached hydrogen (secondary N) is 1. The number of benzene rings is 1. The van der Waals surface area contributed by atoms with Gasteiger partial charge in [0.25, 0.3) is 0 Å². The van der Waals surface area contributed by atoms with Gasteiger partial charge >= 0.3 is 0 Å². The highest BCUT2D eigenvalue weighted by atomic mass is 16.3. The fraction of sp³-hybridized carbons (Fsp3) is 0. The molecule has 0 atom stereocenters. The molecule has 3 rings (SSSR count). The van der Waals surface area contributed by atoms with E-state index in [2.05, 4.69) is 25.8 Å². The maximum absolute atomic E-state index is 9.35. The molecule has 0 saturated heterocycles. The minimum atomic E-state index is -0.196. The molecular weight excluding hydrogens is 260 g/mol. The fourth-order valence-electron chi connectivity index (χ4n) is 1.58. The number of hydrogen-bond acceptors (Lipinski definition) is 7. The SMILES string of the molecule is Oc1ccc(/C=N/Nc2ccc3nncn3n2)cc1O. The van der Waals surface area contributed by atoms with Crippen molar-refractivity contribution < 1.29 is 10.2 Å². The molecule has 0 bridgehead atoms. The number of phenols is 2. The third-order valence-electron chi connectivity index (χ3n) is 2.55. The molecule has 1 aromatic carbocycles. The number of anilines is 1. The summed E-state index contributed by atoms with van der Waals surface area (Å²) >= 11 is 0. The molecule has 2 heterocycles. The van der Waals surface area contributed by atoms with Gasteiger partial charge < -0.3 is 10.2 Å². The zero-order chi connectivity index (χ0) is 13.9. The monoisotopic (exact) mass is 270 g/mol. The van der Waals surface area contributed by atoms with Crippen LogP contribution in [0.2, 0.25) is 0 Å². The van der Waals surface area contributed by atoms with Crippen molar-refractivity contribution in [1.29, 1.82) is 0 Å². The summed E-state index contributed by atoms with van der Waals surface area (Å²) in [5, 5.41) is 34.3. The maximum atomic E-state index is 9.35. The quantitative estimate of drug-likeness (QED) is 0.372. The van der Waals surface area contributed by atoms with E-state index < -0.39 is 0 Å².